The van der Waals surface area contributed by atoms with Gasteiger partial charge in [-0.05, 0) is 87.7 Å². The second-order valence-corrected chi connectivity index (χ2v) is 7.80. The molecule has 1 aromatic rings. The van der Waals surface area contributed by atoms with Crippen molar-refractivity contribution in [1.29, 1.82) is 0 Å². The van der Waals surface area contributed by atoms with Crippen molar-refractivity contribution in [2.75, 3.05) is 13.6 Å². The van der Waals surface area contributed by atoms with Crippen molar-refractivity contribution in [3.8, 4) is 0 Å². The van der Waals surface area contributed by atoms with Crippen LogP contribution < -0.4 is 5.32 Å². The maximum atomic E-state index is 3.64. The van der Waals surface area contributed by atoms with E-state index in [-0.39, 0.29) is 0 Å². The molecule has 1 saturated carbocycles. The average Bonchev–Trinajstić information content (AvgIpc) is 2.49. The molecule has 1 aliphatic rings. The van der Waals surface area contributed by atoms with E-state index in [1.54, 1.807) is 5.56 Å². The topological polar surface area (TPSA) is 12.0 Å². The Morgan fingerprint density at radius 3 is 2.43 bits per heavy atom. The van der Waals surface area contributed by atoms with Gasteiger partial charge < -0.3 is 5.32 Å². The quantitative estimate of drug-likeness (QED) is 0.707. The van der Waals surface area contributed by atoms with Gasteiger partial charge in [-0.2, -0.15) is 0 Å². The zero-order valence-electron chi connectivity index (χ0n) is 13.9. The third-order valence-electron chi connectivity index (χ3n) is 5.36. The molecule has 1 aromatic carbocycles. The summed E-state index contributed by atoms with van der Waals surface area (Å²) in [6.45, 7) is 5.61. The van der Waals surface area contributed by atoms with Crippen LogP contribution in [0.25, 0.3) is 0 Å². The molecule has 0 spiro atoms. The molecule has 0 aliphatic heterocycles. The van der Waals surface area contributed by atoms with Crippen molar-refractivity contribution in [3.63, 3.8) is 0 Å². The number of nitrogens with one attached hydrogen (secondary N) is 1. The van der Waals surface area contributed by atoms with Crippen LogP contribution in [0.1, 0.15) is 61.6 Å². The molecule has 1 N–H and O–H groups in total. The average molecular weight is 352 g/mol. The summed E-state index contributed by atoms with van der Waals surface area (Å²) in [4.78, 5) is 0. The van der Waals surface area contributed by atoms with Crippen LogP contribution in [0.3, 0.4) is 0 Å². The Hall–Kier alpha value is -0.340. The highest BCUT2D eigenvalue weighted by atomic mass is 79.9. The van der Waals surface area contributed by atoms with Gasteiger partial charge >= 0.3 is 0 Å². The molecule has 0 amide bonds. The molecule has 0 radical (unpaired) electrons. The Morgan fingerprint density at radius 1 is 1.05 bits per heavy atom. The molecule has 0 heterocycles. The lowest BCUT2D eigenvalue weighted by molar-refractivity contribution is 0.157. The monoisotopic (exact) mass is 351 g/mol. The molecule has 0 aromatic heterocycles. The summed E-state index contributed by atoms with van der Waals surface area (Å²) < 4.78 is 1.24. The fourth-order valence-electron chi connectivity index (χ4n) is 3.83. The van der Waals surface area contributed by atoms with Crippen molar-refractivity contribution in [2.24, 2.45) is 5.41 Å². The summed E-state index contributed by atoms with van der Waals surface area (Å²) in [6, 6.07) is 4.67. The van der Waals surface area contributed by atoms with Crippen LogP contribution in [0, 0.1) is 19.3 Å². The van der Waals surface area contributed by atoms with Gasteiger partial charge in [-0.25, -0.2) is 0 Å². The lowest BCUT2D eigenvalue weighted by Crippen LogP contribution is -2.29. The van der Waals surface area contributed by atoms with E-state index < -0.39 is 0 Å². The van der Waals surface area contributed by atoms with Crippen molar-refractivity contribution in [3.05, 3.63) is 33.3 Å². The number of aryl methyl sites for hydroxylation is 3. The molecule has 1 fully saturated rings. The SMILES string of the molecule is CNCCC1(CCc2cc(C)c(Br)cc2C)CCCCC1. The molecule has 2 rings (SSSR count). The van der Waals surface area contributed by atoms with E-state index in [1.165, 1.54) is 73.5 Å². The molecule has 0 unspecified atom stereocenters. The first-order valence-electron chi connectivity index (χ1n) is 8.47. The third kappa shape index (κ3) is 4.56. The van der Waals surface area contributed by atoms with Gasteiger partial charge in [0.2, 0.25) is 0 Å². The van der Waals surface area contributed by atoms with Crippen LogP contribution in [0.4, 0.5) is 0 Å². The van der Waals surface area contributed by atoms with Gasteiger partial charge in [0.15, 0.2) is 0 Å². The minimum atomic E-state index is 0.592. The summed E-state index contributed by atoms with van der Waals surface area (Å²) >= 11 is 3.64. The number of hydrogen-bond acceptors (Lipinski definition) is 1. The Balaban J connectivity index is 2.06. The molecular formula is C19H30BrN. The Morgan fingerprint density at radius 2 is 1.76 bits per heavy atom. The Bertz CT molecular complexity index is 461. The number of benzene rings is 1. The predicted octanol–water partition coefficient (Wildman–Crippen LogP) is 5.56. The van der Waals surface area contributed by atoms with Crippen LogP contribution in [-0.4, -0.2) is 13.6 Å². The predicted molar refractivity (Wildman–Crippen MR) is 96.0 cm³/mol. The number of rotatable bonds is 6. The maximum absolute atomic E-state index is 3.64. The molecule has 2 heteroatoms. The molecule has 0 atom stereocenters. The molecular weight excluding hydrogens is 322 g/mol. The fraction of sp³-hybridized carbons (Fsp3) is 0.684. The summed E-state index contributed by atoms with van der Waals surface area (Å²) in [7, 11) is 2.08. The van der Waals surface area contributed by atoms with Crippen LogP contribution in [-0.2, 0) is 6.42 Å². The first-order valence-corrected chi connectivity index (χ1v) is 9.26. The highest BCUT2D eigenvalue weighted by molar-refractivity contribution is 9.10. The van der Waals surface area contributed by atoms with Gasteiger partial charge in [0.25, 0.3) is 0 Å². The summed E-state index contributed by atoms with van der Waals surface area (Å²) in [5.41, 5.74) is 4.94. The van der Waals surface area contributed by atoms with Crippen molar-refractivity contribution < 1.29 is 0 Å². The summed E-state index contributed by atoms with van der Waals surface area (Å²) in [5, 5.41) is 3.36. The van der Waals surface area contributed by atoms with E-state index in [0.29, 0.717) is 5.41 Å². The minimum absolute atomic E-state index is 0.592. The molecule has 118 valence electrons. The van der Waals surface area contributed by atoms with Crippen molar-refractivity contribution in [2.45, 2.75) is 65.2 Å². The van der Waals surface area contributed by atoms with Crippen LogP contribution in [0.15, 0.2) is 16.6 Å². The Labute approximate surface area is 139 Å². The largest absolute Gasteiger partial charge is 0.320 e. The lowest BCUT2D eigenvalue weighted by atomic mass is 9.68. The van der Waals surface area contributed by atoms with E-state index in [1.807, 2.05) is 0 Å². The summed E-state index contributed by atoms with van der Waals surface area (Å²) in [5.74, 6) is 0. The smallest absolute Gasteiger partial charge is 0.0207 e. The van der Waals surface area contributed by atoms with Crippen LogP contribution in [0.5, 0.6) is 0 Å². The van der Waals surface area contributed by atoms with E-state index in [4.69, 9.17) is 0 Å². The third-order valence-corrected chi connectivity index (χ3v) is 6.22. The molecule has 0 saturated heterocycles. The minimum Gasteiger partial charge on any atom is -0.320 e. The number of halogens is 1. The van der Waals surface area contributed by atoms with Gasteiger partial charge in [-0.3, -0.25) is 0 Å². The van der Waals surface area contributed by atoms with Gasteiger partial charge in [0.1, 0.15) is 0 Å². The van der Waals surface area contributed by atoms with Gasteiger partial charge in [-0.1, -0.05) is 41.3 Å². The van der Waals surface area contributed by atoms with E-state index in [2.05, 4.69) is 54.3 Å². The first-order chi connectivity index (χ1) is 10.1. The molecule has 1 aliphatic carbocycles. The van der Waals surface area contributed by atoms with Crippen molar-refractivity contribution >= 4 is 15.9 Å². The maximum Gasteiger partial charge on any atom is 0.0207 e. The number of hydrogen-bond donors (Lipinski definition) is 1. The van der Waals surface area contributed by atoms with Crippen LogP contribution in [0.2, 0.25) is 0 Å². The van der Waals surface area contributed by atoms with Gasteiger partial charge in [0, 0.05) is 4.47 Å². The normalized spacial score (nSPS) is 17.9. The standard InChI is InChI=1S/C19H30BrN/c1-15-14-18(20)16(2)13-17(15)7-10-19(11-12-21-3)8-5-4-6-9-19/h13-14,21H,4-12H2,1-3H3. The zero-order chi connectivity index (χ0) is 15.3. The highest BCUT2D eigenvalue weighted by Crippen LogP contribution is 2.43. The van der Waals surface area contributed by atoms with Gasteiger partial charge in [-0.15, -0.1) is 0 Å². The molecule has 1 nitrogen and oxygen atoms in total. The second kappa shape index (κ2) is 7.78. The molecule has 21 heavy (non-hydrogen) atoms. The van der Waals surface area contributed by atoms with Crippen LogP contribution >= 0.6 is 15.9 Å². The fourth-order valence-corrected chi connectivity index (χ4v) is 4.28. The lowest BCUT2D eigenvalue weighted by Gasteiger charge is -2.38. The van der Waals surface area contributed by atoms with Crippen molar-refractivity contribution in [1.82, 2.24) is 5.32 Å². The summed E-state index contributed by atoms with van der Waals surface area (Å²) in [6.07, 6.45) is 11.1. The van der Waals surface area contributed by atoms with E-state index in [9.17, 15) is 0 Å². The van der Waals surface area contributed by atoms with E-state index >= 15 is 0 Å². The first kappa shape index (κ1) is 17.0. The molecule has 0 bridgehead atoms. The van der Waals surface area contributed by atoms with E-state index in [0.717, 1.165) is 0 Å². The van der Waals surface area contributed by atoms with Gasteiger partial charge in [0.05, 0.1) is 0 Å². The Kier molecular flexibility index (Phi) is 6.31. The zero-order valence-corrected chi connectivity index (χ0v) is 15.5. The second-order valence-electron chi connectivity index (χ2n) is 6.94. The highest BCUT2D eigenvalue weighted by Gasteiger charge is 2.31.